The van der Waals surface area contributed by atoms with Crippen molar-refractivity contribution in [1.29, 1.82) is 0 Å². The van der Waals surface area contributed by atoms with E-state index in [4.69, 9.17) is 0 Å². The molecule has 0 aliphatic heterocycles. The van der Waals surface area contributed by atoms with E-state index in [1.165, 1.54) is 11.3 Å². The third kappa shape index (κ3) is 3.71. The standard InChI is InChI=1S/C21H18N4OS/c1-14-19(27-21(25-14)17-9-2-3-11-22-17)20(26)24-13-10-16-7-4-6-15-8-5-12-23-18(15)16/h2-9,11-12H,10,13H2,1H3,(H,24,26). The van der Waals surface area contributed by atoms with Crippen molar-refractivity contribution in [2.45, 2.75) is 13.3 Å². The highest BCUT2D eigenvalue weighted by Crippen LogP contribution is 2.26. The molecule has 5 nitrogen and oxygen atoms in total. The Bertz CT molecular complexity index is 1090. The van der Waals surface area contributed by atoms with Crippen molar-refractivity contribution in [2.75, 3.05) is 6.54 Å². The first kappa shape index (κ1) is 17.3. The lowest BCUT2D eigenvalue weighted by Gasteiger charge is -2.07. The van der Waals surface area contributed by atoms with Gasteiger partial charge in [0, 0.05) is 24.3 Å². The molecule has 0 saturated carbocycles. The molecule has 4 aromatic rings. The number of para-hydroxylation sites is 1. The molecule has 0 radical (unpaired) electrons. The summed E-state index contributed by atoms with van der Waals surface area (Å²) in [6.45, 7) is 2.40. The van der Waals surface area contributed by atoms with Crippen molar-refractivity contribution >= 4 is 28.1 Å². The Hall–Kier alpha value is -3.12. The van der Waals surface area contributed by atoms with Crippen molar-refractivity contribution in [1.82, 2.24) is 20.3 Å². The number of fused-ring (bicyclic) bond motifs is 1. The van der Waals surface area contributed by atoms with E-state index in [-0.39, 0.29) is 5.91 Å². The fraction of sp³-hybridized carbons (Fsp3) is 0.143. The van der Waals surface area contributed by atoms with Crippen LogP contribution in [0.25, 0.3) is 21.6 Å². The van der Waals surface area contributed by atoms with Gasteiger partial charge in [-0.15, -0.1) is 11.3 Å². The summed E-state index contributed by atoms with van der Waals surface area (Å²) in [5, 5.41) is 4.87. The van der Waals surface area contributed by atoms with Gasteiger partial charge in [0.15, 0.2) is 0 Å². The number of nitrogens with zero attached hydrogens (tertiary/aromatic N) is 3. The molecule has 0 unspecified atom stereocenters. The second-order valence-corrected chi connectivity index (χ2v) is 7.15. The molecular formula is C21H18N4OS. The first-order valence-electron chi connectivity index (χ1n) is 8.72. The van der Waals surface area contributed by atoms with E-state index in [1.54, 1.807) is 12.4 Å². The molecule has 3 aromatic heterocycles. The molecule has 0 bridgehead atoms. The van der Waals surface area contributed by atoms with Gasteiger partial charge in [0.05, 0.1) is 16.9 Å². The summed E-state index contributed by atoms with van der Waals surface area (Å²) in [4.78, 5) is 26.5. The molecule has 0 fully saturated rings. The van der Waals surface area contributed by atoms with Crippen LogP contribution in [0, 0.1) is 6.92 Å². The number of aryl methyl sites for hydroxylation is 1. The molecule has 6 heteroatoms. The minimum absolute atomic E-state index is 0.0969. The SMILES string of the molecule is Cc1nc(-c2ccccn2)sc1C(=O)NCCc1cccc2cccnc12. The largest absolute Gasteiger partial charge is 0.351 e. The average molecular weight is 374 g/mol. The van der Waals surface area contributed by atoms with Gasteiger partial charge in [0.25, 0.3) is 5.91 Å². The van der Waals surface area contributed by atoms with Gasteiger partial charge >= 0.3 is 0 Å². The fourth-order valence-electron chi connectivity index (χ4n) is 2.97. The molecule has 0 aliphatic carbocycles. The summed E-state index contributed by atoms with van der Waals surface area (Å²) in [5.74, 6) is -0.0969. The Morgan fingerprint density at radius 1 is 1.04 bits per heavy atom. The zero-order valence-electron chi connectivity index (χ0n) is 14.8. The van der Waals surface area contributed by atoms with Crippen LogP contribution in [-0.4, -0.2) is 27.4 Å². The maximum absolute atomic E-state index is 12.6. The van der Waals surface area contributed by atoms with Crippen molar-refractivity contribution in [3.8, 4) is 10.7 Å². The smallest absolute Gasteiger partial charge is 0.263 e. The molecule has 134 valence electrons. The number of aromatic nitrogens is 3. The van der Waals surface area contributed by atoms with E-state index in [2.05, 4.69) is 26.3 Å². The monoisotopic (exact) mass is 374 g/mol. The second kappa shape index (κ2) is 7.63. The van der Waals surface area contributed by atoms with Gasteiger partial charge < -0.3 is 5.32 Å². The number of hydrogen-bond donors (Lipinski definition) is 1. The minimum Gasteiger partial charge on any atom is -0.351 e. The third-order valence-corrected chi connectivity index (χ3v) is 5.46. The summed E-state index contributed by atoms with van der Waals surface area (Å²) in [6, 6.07) is 15.8. The Balaban J connectivity index is 1.45. The minimum atomic E-state index is -0.0969. The van der Waals surface area contributed by atoms with Crippen molar-refractivity contribution in [3.05, 3.63) is 77.1 Å². The van der Waals surface area contributed by atoms with Crippen molar-refractivity contribution < 1.29 is 4.79 Å². The number of nitrogens with one attached hydrogen (secondary N) is 1. The van der Waals surface area contributed by atoms with E-state index in [0.717, 1.165) is 39.3 Å². The molecule has 4 rings (SSSR count). The lowest BCUT2D eigenvalue weighted by molar-refractivity contribution is 0.0957. The predicted molar refractivity (Wildman–Crippen MR) is 108 cm³/mol. The van der Waals surface area contributed by atoms with Crippen LogP contribution in [0.5, 0.6) is 0 Å². The number of carbonyl (C=O) groups is 1. The summed E-state index contributed by atoms with van der Waals surface area (Å²) in [5.41, 5.74) is 3.63. The van der Waals surface area contributed by atoms with Crippen LogP contribution in [0.4, 0.5) is 0 Å². The molecule has 1 aromatic carbocycles. The van der Waals surface area contributed by atoms with Gasteiger partial charge in [-0.05, 0) is 37.1 Å². The van der Waals surface area contributed by atoms with Crippen LogP contribution >= 0.6 is 11.3 Å². The van der Waals surface area contributed by atoms with E-state index >= 15 is 0 Å². The summed E-state index contributed by atoms with van der Waals surface area (Å²) >= 11 is 1.37. The maximum atomic E-state index is 12.6. The quantitative estimate of drug-likeness (QED) is 0.573. The van der Waals surface area contributed by atoms with Crippen molar-refractivity contribution in [3.63, 3.8) is 0 Å². The highest BCUT2D eigenvalue weighted by Gasteiger charge is 2.16. The van der Waals surface area contributed by atoms with Crippen LogP contribution < -0.4 is 5.32 Å². The second-order valence-electron chi connectivity index (χ2n) is 6.15. The van der Waals surface area contributed by atoms with Gasteiger partial charge in [-0.3, -0.25) is 14.8 Å². The number of hydrogen-bond acceptors (Lipinski definition) is 5. The number of thiazole rings is 1. The van der Waals surface area contributed by atoms with Crippen LogP contribution in [0.1, 0.15) is 20.9 Å². The Morgan fingerprint density at radius 2 is 1.89 bits per heavy atom. The Kier molecular flexibility index (Phi) is 4.89. The first-order valence-corrected chi connectivity index (χ1v) is 9.53. The van der Waals surface area contributed by atoms with E-state index in [1.807, 2.05) is 49.4 Å². The molecule has 0 atom stereocenters. The third-order valence-electron chi connectivity index (χ3n) is 4.28. The van der Waals surface area contributed by atoms with E-state index < -0.39 is 0 Å². The summed E-state index contributed by atoms with van der Waals surface area (Å²) in [7, 11) is 0. The van der Waals surface area contributed by atoms with E-state index in [9.17, 15) is 4.79 Å². The molecule has 3 heterocycles. The maximum Gasteiger partial charge on any atom is 0.263 e. The highest BCUT2D eigenvalue weighted by molar-refractivity contribution is 7.17. The highest BCUT2D eigenvalue weighted by atomic mass is 32.1. The van der Waals surface area contributed by atoms with Gasteiger partial charge in [0.2, 0.25) is 0 Å². The molecule has 1 amide bonds. The lowest BCUT2D eigenvalue weighted by atomic mass is 10.1. The zero-order valence-corrected chi connectivity index (χ0v) is 15.7. The number of carbonyl (C=O) groups excluding carboxylic acids is 1. The average Bonchev–Trinajstić information content (AvgIpc) is 3.10. The molecule has 27 heavy (non-hydrogen) atoms. The summed E-state index contributed by atoms with van der Waals surface area (Å²) < 4.78 is 0. The van der Waals surface area contributed by atoms with Gasteiger partial charge in [0.1, 0.15) is 9.88 Å². The molecule has 0 aliphatic rings. The van der Waals surface area contributed by atoms with Gasteiger partial charge in [-0.1, -0.05) is 30.3 Å². The fourth-order valence-corrected chi connectivity index (χ4v) is 3.93. The number of pyridine rings is 2. The Labute approximate surface area is 161 Å². The molecule has 0 saturated heterocycles. The topological polar surface area (TPSA) is 67.8 Å². The van der Waals surface area contributed by atoms with Crippen molar-refractivity contribution in [2.24, 2.45) is 0 Å². The van der Waals surface area contributed by atoms with Crippen LogP contribution in [0.2, 0.25) is 0 Å². The normalized spacial score (nSPS) is 10.9. The zero-order chi connectivity index (χ0) is 18.6. The molecular weight excluding hydrogens is 356 g/mol. The van der Waals surface area contributed by atoms with E-state index in [0.29, 0.717) is 11.4 Å². The van der Waals surface area contributed by atoms with Gasteiger partial charge in [-0.25, -0.2) is 4.98 Å². The molecule has 0 spiro atoms. The summed E-state index contributed by atoms with van der Waals surface area (Å²) in [6.07, 6.45) is 4.25. The number of benzene rings is 1. The number of rotatable bonds is 5. The lowest BCUT2D eigenvalue weighted by Crippen LogP contribution is -2.25. The number of amides is 1. The van der Waals surface area contributed by atoms with Crippen LogP contribution in [-0.2, 0) is 6.42 Å². The Morgan fingerprint density at radius 3 is 2.74 bits per heavy atom. The van der Waals surface area contributed by atoms with Crippen LogP contribution in [0.15, 0.2) is 60.9 Å². The predicted octanol–water partition coefficient (Wildman–Crippen LogP) is 4.03. The van der Waals surface area contributed by atoms with Crippen LogP contribution in [0.3, 0.4) is 0 Å². The first-order chi connectivity index (χ1) is 13.2. The molecule has 1 N–H and O–H groups in total. The van der Waals surface area contributed by atoms with Gasteiger partial charge in [-0.2, -0.15) is 0 Å².